The van der Waals surface area contributed by atoms with E-state index in [0.29, 0.717) is 13.0 Å². The number of urea groups is 1. The lowest BCUT2D eigenvalue weighted by Crippen LogP contribution is -2.52. The van der Waals surface area contributed by atoms with E-state index in [1.54, 1.807) is 16.2 Å². The Hall–Kier alpha value is -5.21. The second kappa shape index (κ2) is 18.5. The van der Waals surface area contributed by atoms with E-state index in [1.165, 1.54) is 0 Å². The van der Waals surface area contributed by atoms with Gasteiger partial charge in [-0.05, 0) is 62.5 Å². The van der Waals surface area contributed by atoms with Crippen LogP contribution in [-0.4, -0.2) is 42.0 Å². The third-order valence-corrected chi connectivity index (χ3v) is 8.93. The number of rotatable bonds is 16. The summed E-state index contributed by atoms with van der Waals surface area (Å²) in [5.74, 6) is -1.44. The van der Waals surface area contributed by atoms with Gasteiger partial charge in [-0.2, -0.15) is 11.3 Å². The summed E-state index contributed by atoms with van der Waals surface area (Å²) in [4.78, 5) is 43.0. The second-order valence-electron chi connectivity index (χ2n) is 12.8. The van der Waals surface area contributed by atoms with Crippen molar-refractivity contribution in [3.05, 3.63) is 154 Å². The molecule has 4 aromatic carbocycles. The Morgan fingerprint density at radius 1 is 0.620 bits per heavy atom. The molecule has 1 heterocycles. The molecule has 0 bridgehead atoms. The molecule has 5 rings (SSSR count). The van der Waals surface area contributed by atoms with E-state index in [1.807, 2.05) is 134 Å². The van der Waals surface area contributed by atoms with Gasteiger partial charge in [-0.25, -0.2) is 9.59 Å². The van der Waals surface area contributed by atoms with E-state index < -0.39 is 24.0 Å². The molecule has 1 N–H and O–H groups in total. The molecule has 50 heavy (non-hydrogen) atoms. The van der Waals surface area contributed by atoms with E-state index in [9.17, 15) is 14.4 Å². The summed E-state index contributed by atoms with van der Waals surface area (Å²) < 4.78 is 11.5. The Balaban J connectivity index is 1.34. The Kier molecular flexibility index (Phi) is 13.4. The van der Waals surface area contributed by atoms with Crippen LogP contribution in [0.5, 0.6) is 0 Å². The SMILES string of the molecule is CC(C)CN(CC(Cc1ccccc1)C(=O)OCc1ccccc1)C(=O)N[C@@H](Cc1ccc(-c2ccsc2)cc1)C(=O)OCc1ccccc1. The van der Waals surface area contributed by atoms with Crippen molar-refractivity contribution in [2.75, 3.05) is 13.1 Å². The lowest BCUT2D eigenvalue weighted by molar-refractivity contribution is -0.150. The molecule has 0 aliphatic carbocycles. The molecule has 0 saturated carbocycles. The third-order valence-electron chi connectivity index (χ3n) is 8.25. The summed E-state index contributed by atoms with van der Waals surface area (Å²) >= 11 is 1.64. The minimum absolute atomic E-state index is 0.0885. The van der Waals surface area contributed by atoms with Crippen molar-refractivity contribution in [3.8, 4) is 11.1 Å². The molecule has 8 heteroatoms. The molecule has 0 saturated heterocycles. The van der Waals surface area contributed by atoms with Crippen LogP contribution >= 0.6 is 11.3 Å². The van der Waals surface area contributed by atoms with Gasteiger partial charge >= 0.3 is 18.0 Å². The largest absolute Gasteiger partial charge is 0.461 e. The van der Waals surface area contributed by atoms with Crippen molar-refractivity contribution in [2.45, 2.75) is 45.9 Å². The highest BCUT2D eigenvalue weighted by atomic mass is 32.1. The van der Waals surface area contributed by atoms with Crippen molar-refractivity contribution < 1.29 is 23.9 Å². The van der Waals surface area contributed by atoms with E-state index in [2.05, 4.69) is 16.8 Å². The zero-order chi connectivity index (χ0) is 35.1. The molecule has 7 nitrogen and oxygen atoms in total. The number of carbonyl (C=O) groups is 3. The van der Waals surface area contributed by atoms with E-state index >= 15 is 0 Å². The van der Waals surface area contributed by atoms with Gasteiger partial charge in [0.15, 0.2) is 0 Å². The fraction of sp³-hybridized carbons (Fsp3) is 0.262. The van der Waals surface area contributed by atoms with Crippen molar-refractivity contribution >= 4 is 29.3 Å². The third kappa shape index (κ3) is 11.2. The predicted molar refractivity (Wildman–Crippen MR) is 198 cm³/mol. The van der Waals surface area contributed by atoms with Crippen molar-refractivity contribution in [1.82, 2.24) is 10.2 Å². The normalized spacial score (nSPS) is 12.1. The molecule has 0 aliphatic heterocycles. The molecule has 258 valence electrons. The number of esters is 2. The van der Waals surface area contributed by atoms with Gasteiger partial charge in [-0.1, -0.05) is 129 Å². The molecular formula is C42H44N2O5S. The van der Waals surface area contributed by atoms with Gasteiger partial charge in [0.05, 0.1) is 5.92 Å². The Bertz CT molecular complexity index is 1760. The van der Waals surface area contributed by atoms with Crippen LogP contribution in [0.25, 0.3) is 11.1 Å². The van der Waals surface area contributed by atoms with Crippen LogP contribution in [0.4, 0.5) is 4.79 Å². The fourth-order valence-corrected chi connectivity index (χ4v) is 6.34. The van der Waals surface area contributed by atoms with Crippen LogP contribution in [0.2, 0.25) is 0 Å². The molecule has 0 aliphatic rings. The second-order valence-corrected chi connectivity index (χ2v) is 13.6. The molecule has 1 unspecified atom stereocenters. The van der Waals surface area contributed by atoms with Crippen LogP contribution in [0.3, 0.4) is 0 Å². The van der Waals surface area contributed by atoms with E-state index in [4.69, 9.17) is 9.47 Å². The molecular weight excluding hydrogens is 645 g/mol. The lowest BCUT2D eigenvalue weighted by Gasteiger charge is -2.30. The predicted octanol–water partition coefficient (Wildman–Crippen LogP) is 8.34. The summed E-state index contributed by atoms with van der Waals surface area (Å²) in [5.41, 5.74) is 5.79. The van der Waals surface area contributed by atoms with E-state index in [-0.39, 0.29) is 38.1 Å². The minimum atomic E-state index is -0.953. The minimum Gasteiger partial charge on any atom is -0.461 e. The van der Waals surface area contributed by atoms with Crippen molar-refractivity contribution in [3.63, 3.8) is 0 Å². The molecule has 0 spiro atoms. The monoisotopic (exact) mass is 688 g/mol. The quantitative estimate of drug-likeness (QED) is 0.105. The van der Waals surface area contributed by atoms with Crippen LogP contribution in [-0.2, 0) is 45.1 Å². The zero-order valence-electron chi connectivity index (χ0n) is 28.6. The van der Waals surface area contributed by atoms with E-state index in [0.717, 1.165) is 33.4 Å². The van der Waals surface area contributed by atoms with Gasteiger partial charge in [-0.3, -0.25) is 4.79 Å². The highest BCUT2D eigenvalue weighted by Gasteiger charge is 2.30. The number of hydrogen-bond donors (Lipinski definition) is 1. The molecule has 1 aromatic heterocycles. The fourth-order valence-electron chi connectivity index (χ4n) is 5.68. The van der Waals surface area contributed by atoms with Gasteiger partial charge in [0.1, 0.15) is 19.3 Å². The number of ether oxygens (including phenoxy) is 2. The maximum Gasteiger partial charge on any atom is 0.329 e. The summed E-state index contributed by atoms with van der Waals surface area (Å²) in [5, 5.41) is 7.10. The first-order valence-electron chi connectivity index (χ1n) is 17.0. The molecule has 0 fully saturated rings. The van der Waals surface area contributed by atoms with Crippen molar-refractivity contribution in [1.29, 1.82) is 0 Å². The first-order chi connectivity index (χ1) is 24.3. The Morgan fingerprint density at radius 2 is 1.16 bits per heavy atom. The summed E-state index contributed by atoms with van der Waals surface area (Å²) in [6, 6.07) is 37.4. The zero-order valence-corrected chi connectivity index (χ0v) is 29.4. The summed E-state index contributed by atoms with van der Waals surface area (Å²) in [7, 11) is 0. The topological polar surface area (TPSA) is 84.9 Å². The number of nitrogens with one attached hydrogen (secondary N) is 1. The number of benzene rings is 4. The van der Waals surface area contributed by atoms with Gasteiger partial charge in [0, 0.05) is 19.5 Å². The number of nitrogens with zero attached hydrogens (tertiary/aromatic N) is 1. The smallest absolute Gasteiger partial charge is 0.329 e. The summed E-state index contributed by atoms with van der Waals surface area (Å²) in [6.45, 7) is 4.76. The van der Waals surface area contributed by atoms with Gasteiger partial charge < -0.3 is 19.7 Å². The first kappa shape index (κ1) is 36.1. The molecule has 2 atom stereocenters. The molecule has 0 radical (unpaired) electrons. The first-order valence-corrected chi connectivity index (χ1v) is 17.9. The standard InChI is InChI=1S/C42H44N2O5S/c1-31(2)26-44(27-38(24-32-12-6-3-7-13-32)40(45)48-28-34-14-8-4-9-15-34)42(47)43-39(41(46)49-29-35-16-10-5-11-17-35)25-33-18-20-36(21-19-33)37-22-23-50-30-37/h3-23,30-31,38-39H,24-29H2,1-2H3,(H,43,47)/t38?,39-/m0/s1. The number of amides is 2. The van der Waals surface area contributed by atoms with Gasteiger partial charge in [0.2, 0.25) is 0 Å². The Labute approximate surface area is 298 Å². The van der Waals surface area contributed by atoms with Gasteiger partial charge in [-0.15, -0.1) is 0 Å². The lowest BCUT2D eigenvalue weighted by atomic mass is 9.98. The molecule has 5 aromatic rings. The van der Waals surface area contributed by atoms with Gasteiger partial charge in [0.25, 0.3) is 0 Å². The number of carbonyl (C=O) groups excluding carboxylic acids is 3. The van der Waals surface area contributed by atoms with Crippen LogP contribution in [0, 0.1) is 11.8 Å². The number of hydrogen-bond acceptors (Lipinski definition) is 6. The Morgan fingerprint density at radius 3 is 1.70 bits per heavy atom. The van der Waals surface area contributed by atoms with Crippen LogP contribution < -0.4 is 5.32 Å². The van der Waals surface area contributed by atoms with Crippen molar-refractivity contribution in [2.24, 2.45) is 11.8 Å². The number of thiophene rings is 1. The van der Waals surface area contributed by atoms with Crippen LogP contribution in [0.1, 0.15) is 36.1 Å². The van der Waals surface area contributed by atoms with Crippen LogP contribution in [0.15, 0.2) is 132 Å². The maximum absolute atomic E-state index is 14.1. The maximum atomic E-state index is 14.1. The average Bonchev–Trinajstić information content (AvgIpc) is 3.69. The average molecular weight is 689 g/mol. The highest BCUT2D eigenvalue weighted by molar-refractivity contribution is 7.08. The highest BCUT2D eigenvalue weighted by Crippen LogP contribution is 2.23. The summed E-state index contributed by atoms with van der Waals surface area (Å²) in [6.07, 6.45) is 0.640. The molecule has 2 amide bonds.